The summed E-state index contributed by atoms with van der Waals surface area (Å²) in [6.07, 6.45) is 1.76. The van der Waals surface area contributed by atoms with E-state index in [-0.39, 0.29) is 24.6 Å². The summed E-state index contributed by atoms with van der Waals surface area (Å²) in [7, 11) is 0. The summed E-state index contributed by atoms with van der Waals surface area (Å²) in [6, 6.07) is 16.0. The largest absolute Gasteiger partial charge is 0.424 e. The Kier molecular flexibility index (Phi) is 5.93. The van der Waals surface area contributed by atoms with Crippen LogP contribution in [0.1, 0.15) is 5.56 Å². The molecule has 0 saturated carbocycles. The second-order valence-electron chi connectivity index (χ2n) is 6.64. The molecule has 152 valence electrons. The molecule has 4 rings (SSSR count). The van der Waals surface area contributed by atoms with Gasteiger partial charge in [-0.05, 0) is 24.3 Å². The number of nitrogens with zero attached hydrogens (tertiary/aromatic N) is 5. The molecule has 8 nitrogen and oxygen atoms in total. The minimum atomic E-state index is -0.342. The number of hydrogen-bond donors (Lipinski definition) is 0. The van der Waals surface area contributed by atoms with Crippen LogP contribution in [0.2, 0.25) is 5.02 Å². The third-order valence-electron chi connectivity index (χ3n) is 4.75. The Morgan fingerprint density at radius 2 is 2.00 bits per heavy atom. The number of halogens is 1. The number of nitriles is 1. The van der Waals surface area contributed by atoms with Crippen molar-refractivity contribution in [3.63, 3.8) is 0 Å². The van der Waals surface area contributed by atoms with Gasteiger partial charge >= 0.3 is 6.02 Å². The number of hydrazone groups is 1. The van der Waals surface area contributed by atoms with Crippen molar-refractivity contribution in [2.75, 3.05) is 26.3 Å². The zero-order chi connectivity index (χ0) is 20.9. The molecule has 0 aliphatic carbocycles. The zero-order valence-corrected chi connectivity index (χ0v) is 16.7. The molecule has 0 N–H and O–H groups in total. The summed E-state index contributed by atoms with van der Waals surface area (Å²) in [4.78, 5) is 18.0. The third kappa shape index (κ3) is 4.27. The maximum Gasteiger partial charge on any atom is 0.329 e. The highest BCUT2D eigenvalue weighted by Gasteiger charge is 2.38. The Morgan fingerprint density at radius 1 is 1.23 bits per heavy atom. The smallest absolute Gasteiger partial charge is 0.329 e. The number of para-hydroxylation sites is 1. The normalized spacial score (nSPS) is 19.5. The summed E-state index contributed by atoms with van der Waals surface area (Å²) < 4.78 is 11.1. The predicted molar refractivity (Wildman–Crippen MR) is 111 cm³/mol. The van der Waals surface area contributed by atoms with Gasteiger partial charge in [-0.2, -0.15) is 10.4 Å². The van der Waals surface area contributed by atoms with Crippen LogP contribution in [0.15, 0.2) is 64.7 Å². The minimum Gasteiger partial charge on any atom is -0.424 e. The van der Waals surface area contributed by atoms with Crippen LogP contribution in [-0.4, -0.2) is 59.9 Å². The van der Waals surface area contributed by atoms with Crippen molar-refractivity contribution in [1.29, 1.82) is 5.26 Å². The summed E-state index contributed by atoms with van der Waals surface area (Å²) in [5.74, 6) is 0.415. The SMILES string of the molecule is N#CN=C(Oc1ccccc1)N1CC(N2CCOCC2=O)C(c2ccc(Cl)cc2)=N1. The molecule has 2 aliphatic heterocycles. The summed E-state index contributed by atoms with van der Waals surface area (Å²) in [5.41, 5.74) is 1.49. The highest BCUT2D eigenvalue weighted by atomic mass is 35.5. The number of carbonyl (C=O) groups is 1. The minimum absolute atomic E-state index is 0.0318. The molecule has 0 spiro atoms. The van der Waals surface area contributed by atoms with Gasteiger partial charge in [-0.25, -0.2) is 5.01 Å². The molecule has 1 unspecified atom stereocenters. The van der Waals surface area contributed by atoms with Crippen LogP contribution in [0.4, 0.5) is 0 Å². The van der Waals surface area contributed by atoms with Crippen LogP contribution in [0.5, 0.6) is 5.75 Å². The van der Waals surface area contributed by atoms with Crippen molar-refractivity contribution in [3.8, 4) is 11.9 Å². The van der Waals surface area contributed by atoms with Crippen LogP contribution in [-0.2, 0) is 9.53 Å². The van der Waals surface area contributed by atoms with Crippen molar-refractivity contribution < 1.29 is 14.3 Å². The fourth-order valence-electron chi connectivity index (χ4n) is 3.36. The van der Waals surface area contributed by atoms with Gasteiger partial charge in [-0.15, -0.1) is 4.99 Å². The predicted octanol–water partition coefficient (Wildman–Crippen LogP) is 2.50. The topological polar surface area (TPSA) is 90.5 Å². The Hall–Kier alpha value is -3.41. The Morgan fingerprint density at radius 3 is 2.70 bits per heavy atom. The van der Waals surface area contributed by atoms with Gasteiger partial charge in [-0.1, -0.05) is 41.9 Å². The van der Waals surface area contributed by atoms with Gasteiger partial charge in [0, 0.05) is 17.1 Å². The molecule has 1 amide bonds. The number of amides is 1. The fourth-order valence-corrected chi connectivity index (χ4v) is 3.48. The number of amidine groups is 1. The highest BCUT2D eigenvalue weighted by Crippen LogP contribution is 2.23. The molecule has 1 atom stereocenters. The molecule has 30 heavy (non-hydrogen) atoms. The summed E-state index contributed by atoms with van der Waals surface area (Å²) in [6.45, 7) is 1.24. The molecule has 0 radical (unpaired) electrons. The molecular weight excluding hydrogens is 406 g/mol. The van der Waals surface area contributed by atoms with E-state index in [4.69, 9.17) is 26.3 Å². The number of aliphatic imine (C=N–C) groups is 1. The average molecular weight is 424 g/mol. The molecule has 0 bridgehead atoms. The number of ether oxygens (including phenoxy) is 2. The summed E-state index contributed by atoms with van der Waals surface area (Å²) in [5, 5.41) is 15.9. The van der Waals surface area contributed by atoms with E-state index in [1.54, 1.807) is 35.4 Å². The fraction of sp³-hybridized carbons (Fsp3) is 0.238. The quantitative estimate of drug-likeness (QED) is 0.430. The van der Waals surface area contributed by atoms with Crippen molar-refractivity contribution in [2.45, 2.75) is 6.04 Å². The average Bonchev–Trinajstić information content (AvgIpc) is 3.20. The number of benzene rings is 2. The molecule has 2 aromatic rings. The summed E-state index contributed by atoms with van der Waals surface area (Å²) >= 11 is 6.03. The lowest BCUT2D eigenvalue weighted by atomic mass is 10.0. The lowest BCUT2D eigenvalue weighted by Crippen LogP contribution is -2.52. The lowest BCUT2D eigenvalue weighted by Gasteiger charge is -2.32. The van der Waals surface area contributed by atoms with E-state index in [0.29, 0.717) is 36.2 Å². The van der Waals surface area contributed by atoms with Gasteiger partial charge in [0.25, 0.3) is 0 Å². The first-order chi connectivity index (χ1) is 14.7. The lowest BCUT2D eigenvalue weighted by molar-refractivity contribution is -0.143. The van der Waals surface area contributed by atoms with Crippen LogP contribution in [0, 0.1) is 11.5 Å². The number of rotatable bonds is 3. The standard InChI is InChI=1S/C21H18ClN5O3/c22-16-8-6-15(7-9-16)20-18(26-10-11-29-13-19(26)28)12-27(25-20)21(24-14-23)30-17-4-2-1-3-5-17/h1-9,18H,10-13H2. The van der Waals surface area contributed by atoms with E-state index in [9.17, 15) is 4.79 Å². The maximum atomic E-state index is 12.5. The third-order valence-corrected chi connectivity index (χ3v) is 5.00. The maximum absolute atomic E-state index is 12.5. The van der Waals surface area contributed by atoms with Gasteiger partial charge in [-0.3, -0.25) is 4.79 Å². The molecular formula is C21H18ClN5O3. The molecule has 1 fully saturated rings. The van der Waals surface area contributed by atoms with Crippen LogP contribution in [0.25, 0.3) is 0 Å². The number of carbonyl (C=O) groups excluding carboxylic acids is 1. The van der Waals surface area contributed by atoms with Gasteiger partial charge in [0.2, 0.25) is 12.1 Å². The van der Waals surface area contributed by atoms with Gasteiger partial charge in [0.1, 0.15) is 12.4 Å². The Bertz CT molecular complexity index is 1020. The van der Waals surface area contributed by atoms with E-state index in [0.717, 1.165) is 5.56 Å². The molecule has 2 aliphatic rings. The van der Waals surface area contributed by atoms with Crippen molar-refractivity contribution in [1.82, 2.24) is 9.91 Å². The van der Waals surface area contributed by atoms with Gasteiger partial charge in [0.05, 0.1) is 24.9 Å². The van der Waals surface area contributed by atoms with Gasteiger partial charge < -0.3 is 14.4 Å². The zero-order valence-electron chi connectivity index (χ0n) is 15.9. The second kappa shape index (κ2) is 8.95. The van der Waals surface area contributed by atoms with E-state index >= 15 is 0 Å². The van der Waals surface area contributed by atoms with Crippen LogP contribution in [0.3, 0.4) is 0 Å². The van der Waals surface area contributed by atoms with Crippen molar-refractivity contribution in [2.24, 2.45) is 10.1 Å². The molecule has 9 heteroatoms. The number of hydrogen-bond acceptors (Lipinski definition) is 6. The molecule has 2 aromatic carbocycles. The first-order valence-corrected chi connectivity index (χ1v) is 9.72. The van der Waals surface area contributed by atoms with Crippen LogP contribution < -0.4 is 4.74 Å². The Labute approximate surface area is 178 Å². The van der Waals surface area contributed by atoms with E-state index in [1.165, 1.54) is 5.01 Å². The second-order valence-corrected chi connectivity index (χ2v) is 7.08. The first kappa shape index (κ1) is 19.9. The van der Waals surface area contributed by atoms with E-state index < -0.39 is 0 Å². The van der Waals surface area contributed by atoms with Crippen molar-refractivity contribution in [3.05, 3.63) is 65.2 Å². The number of morpholine rings is 1. The van der Waals surface area contributed by atoms with Crippen molar-refractivity contribution >= 4 is 29.2 Å². The molecule has 2 heterocycles. The monoisotopic (exact) mass is 423 g/mol. The van der Waals surface area contributed by atoms with Crippen LogP contribution >= 0.6 is 11.6 Å². The van der Waals surface area contributed by atoms with Gasteiger partial charge in [0.15, 0.2) is 0 Å². The van der Waals surface area contributed by atoms with E-state index in [2.05, 4.69) is 10.1 Å². The first-order valence-electron chi connectivity index (χ1n) is 9.34. The highest BCUT2D eigenvalue weighted by molar-refractivity contribution is 6.30. The van der Waals surface area contributed by atoms with E-state index in [1.807, 2.05) is 30.3 Å². The Balaban J connectivity index is 1.68. The molecule has 1 saturated heterocycles. The molecule has 0 aromatic heterocycles.